The lowest BCUT2D eigenvalue weighted by molar-refractivity contribution is 0.242. The van der Waals surface area contributed by atoms with Gasteiger partial charge in [-0.05, 0) is 45.4 Å². The van der Waals surface area contributed by atoms with E-state index in [1.54, 1.807) is 11.3 Å². The van der Waals surface area contributed by atoms with E-state index in [0.29, 0.717) is 18.1 Å². The zero-order valence-corrected chi connectivity index (χ0v) is 11.7. The molecule has 1 aromatic rings. The molecule has 1 aliphatic rings. The van der Waals surface area contributed by atoms with E-state index in [9.17, 15) is 0 Å². The molecule has 96 valence electrons. The maximum absolute atomic E-state index is 9.03. The summed E-state index contributed by atoms with van der Waals surface area (Å²) >= 11 is 1.77. The summed E-state index contributed by atoms with van der Waals surface area (Å²) in [5.41, 5.74) is 1.56. The van der Waals surface area contributed by atoms with E-state index in [0.717, 1.165) is 18.0 Å². The van der Waals surface area contributed by atoms with Crippen molar-refractivity contribution in [2.75, 3.05) is 13.2 Å². The predicted octanol–water partition coefficient (Wildman–Crippen LogP) is 2.57. The Labute approximate surface area is 107 Å². The summed E-state index contributed by atoms with van der Waals surface area (Å²) < 4.78 is 0. The van der Waals surface area contributed by atoms with Gasteiger partial charge in [0.15, 0.2) is 0 Å². The first-order valence-electron chi connectivity index (χ1n) is 6.34. The number of thiazole rings is 1. The van der Waals surface area contributed by atoms with Gasteiger partial charge in [-0.3, -0.25) is 0 Å². The fourth-order valence-corrected chi connectivity index (χ4v) is 3.26. The molecule has 1 saturated carbocycles. The molecule has 0 bridgehead atoms. The SMILES string of the molecule is Cc1nc(C(C)NCC2(CCO)CC2)c(C)s1. The average molecular weight is 254 g/mol. The van der Waals surface area contributed by atoms with Crippen LogP contribution >= 0.6 is 11.3 Å². The van der Waals surface area contributed by atoms with Crippen molar-refractivity contribution < 1.29 is 5.11 Å². The van der Waals surface area contributed by atoms with Gasteiger partial charge in [-0.2, -0.15) is 0 Å². The summed E-state index contributed by atoms with van der Waals surface area (Å²) in [5.74, 6) is 0. The molecule has 0 radical (unpaired) electrons. The molecule has 1 heterocycles. The first-order chi connectivity index (χ1) is 8.06. The molecule has 3 nitrogen and oxygen atoms in total. The number of aliphatic hydroxyl groups excluding tert-OH is 1. The molecule has 2 rings (SSSR count). The van der Waals surface area contributed by atoms with E-state index in [1.165, 1.54) is 23.4 Å². The maximum Gasteiger partial charge on any atom is 0.0900 e. The van der Waals surface area contributed by atoms with Crippen LogP contribution in [0.3, 0.4) is 0 Å². The monoisotopic (exact) mass is 254 g/mol. The van der Waals surface area contributed by atoms with Crippen LogP contribution in [0.2, 0.25) is 0 Å². The lowest BCUT2D eigenvalue weighted by Crippen LogP contribution is -2.28. The number of aromatic nitrogens is 1. The number of aliphatic hydroxyl groups is 1. The highest BCUT2D eigenvalue weighted by Crippen LogP contribution is 2.48. The van der Waals surface area contributed by atoms with Gasteiger partial charge < -0.3 is 10.4 Å². The van der Waals surface area contributed by atoms with Crippen LogP contribution in [0.25, 0.3) is 0 Å². The predicted molar refractivity (Wildman–Crippen MR) is 71.4 cm³/mol. The van der Waals surface area contributed by atoms with Crippen molar-refractivity contribution in [1.82, 2.24) is 10.3 Å². The minimum absolute atomic E-state index is 0.310. The summed E-state index contributed by atoms with van der Waals surface area (Å²) in [5, 5.41) is 13.7. The summed E-state index contributed by atoms with van der Waals surface area (Å²) in [6, 6.07) is 0.316. The highest BCUT2D eigenvalue weighted by Gasteiger charge is 2.41. The standard InChI is InChI=1S/C13H22N2OS/c1-9(12-10(2)17-11(3)15-12)14-8-13(4-5-13)6-7-16/h9,14,16H,4-8H2,1-3H3. The molecule has 4 heteroatoms. The Kier molecular flexibility index (Phi) is 3.85. The molecule has 2 N–H and O–H groups in total. The average Bonchev–Trinajstić information content (AvgIpc) is 2.95. The van der Waals surface area contributed by atoms with Crippen LogP contribution in [-0.2, 0) is 0 Å². The summed E-state index contributed by atoms with van der Waals surface area (Å²) in [7, 11) is 0. The highest BCUT2D eigenvalue weighted by atomic mass is 32.1. The van der Waals surface area contributed by atoms with Gasteiger partial charge >= 0.3 is 0 Å². The van der Waals surface area contributed by atoms with Crippen molar-refractivity contribution in [2.24, 2.45) is 5.41 Å². The van der Waals surface area contributed by atoms with Crippen LogP contribution in [0.5, 0.6) is 0 Å². The molecule has 17 heavy (non-hydrogen) atoms. The molecule has 1 aromatic heterocycles. The minimum atomic E-state index is 0.310. The minimum Gasteiger partial charge on any atom is -0.396 e. The van der Waals surface area contributed by atoms with Gasteiger partial charge in [-0.25, -0.2) is 4.98 Å². The van der Waals surface area contributed by atoms with Crippen molar-refractivity contribution >= 4 is 11.3 Å². The fourth-order valence-electron chi connectivity index (χ4n) is 2.34. The first kappa shape index (κ1) is 13.0. The van der Waals surface area contributed by atoms with E-state index in [4.69, 9.17) is 5.11 Å². The number of nitrogens with zero attached hydrogens (tertiary/aromatic N) is 1. The third kappa shape index (κ3) is 3.06. The molecule has 1 atom stereocenters. The van der Waals surface area contributed by atoms with Crippen molar-refractivity contribution in [3.05, 3.63) is 15.6 Å². The topological polar surface area (TPSA) is 45.2 Å². The molecule has 1 fully saturated rings. The molecule has 0 spiro atoms. The Morgan fingerprint density at radius 2 is 2.18 bits per heavy atom. The number of rotatable bonds is 6. The van der Waals surface area contributed by atoms with Gasteiger partial charge in [0, 0.05) is 24.1 Å². The lowest BCUT2D eigenvalue weighted by Gasteiger charge is -2.18. The molecule has 1 aliphatic carbocycles. The molecule has 0 amide bonds. The second-order valence-electron chi connectivity index (χ2n) is 5.25. The molecule has 1 unspecified atom stereocenters. The zero-order valence-electron chi connectivity index (χ0n) is 10.9. The second kappa shape index (κ2) is 5.04. The second-order valence-corrected chi connectivity index (χ2v) is 6.66. The largest absolute Gasteiger partial charge is 0.396 e. The van der Waals surface area contributed by atoms with E-state index in [-0.39, 0.29) is 0 Å². The van der Waals surface area contributed by atoms with Crippen LogP contribution in [0.15, 0.2) is 0 Å². The smallest absolute Gasteiger partial charge is 0.0900 e. The number of aryl methyl sites for hydroxylation is 2. The van der Waals surface area contributed by atoms with Crippen molar-refractivity contribution in [3.63, 3.8) is 0 Å². The van der Waals surface area contributed by atoms with Crippen molar-refractivity contribution in [2.45, 2.75) is 46.1 Å². The molecule has 0 aliphatic heterocycles. The Morgan fingerprint density at radius 3 is 2.65 bits per heavy atom. The highest BCUT2D eigenvalue weighted by molar-refractivity contribution is 7.11. The number of hydrogen-bond donors (Lipinski definition) is 2. The van der Waals surface area contributed by atoms with Crippen LogP contribution < -0.4 is 5.32 Å². The maximum atomic E-state index is 9.03. The number of nitrogens with one attached hydrogen (secondary N) is 1. The van der Waals surface area contributed by atoms with Gasteiger partial charge in [-0.1, -0.05) is 0 Å². The summed E-state index contributed by atoms with van der Waals surface area (Å²) in [6.07, 6.45) is 3.44. The van der Waals surface area contributed by atoms with Gasteiger partial charge in [0.25, 0.3) is 0 Å². The quantitative estimate of drug-likeness (QED) is 0.820. The Hall–Kier alpha value is -0.450. The summed E-state index contributed by atoms with van der Waals surface area (Å²) in [6.45, 7) is 7.69. The van der Waals surface area contributed by atoms with Gasteiger partial charge in [0.2, 0.25) is 0 Å². The van der Waals surface area contributed by atoms with Crippen molar-refractivity contribution in [1.29, 1.82) is 0 Å². The molecule has 0 aromatic carbocycles. The zero-order chi connectivity index (χ0) is 12.5. The third-order valence-corrected chi connectivity index (χ3v) is 4.63. The van der Waals surface area contributed by atoms with E-state index >= 15 is 0 Å². The first-order valence-corrected chi connectivity index (χ1v) is 7.16. The van der Waals surface area contributed by atoms with Crippen LogP contribution in [0, 0.1) is 19.3 Å². The normalized spacial score (nSPS) is 19.3. The fraction of sp³-hybridized carbons (Fsp3) is 0.769. The molecule has 0 saturated heterocycles. The Bertz CT molecular complexity index is 385. The third-order valence-electron chi connectivity index (χ3n) is 3.73. The van der Waals surface area contributed by atoms with Gasteiger partial charge in [0.1, 0.15) is 0 Å². The molecular formula is C13H22N2OS. The van der Waals surface area contributed by atoms with E-state index in [1.807, 2.05) is 0 Å². The van der Waals surface area contributed by atoms with Crippen molar-refractivity contribution in [3.8, 4) is 0 Å². The molecular weight excluding hydrogens is 232 g/mol. The van der Waals surface area contributed by atoms with Gasteiger partial charge in [0.05, 0.1) is 10.7 Å². The Balaban J connectivity index is 1.89. The van der Waals surface area contributed by atoms with E-state index in [2.05, 4.69) is 31.1 Å². The van der Waals surface area contributed by atoms with Crippen LogP contribution in [0.1, 0.15) is 47.8 Å². The van der Waals surface area contributed by atoms with Crippen LogP contribution in [0.4, 0.5) is 0 Å². The van der Waals surface area contributed by atoms with Crippen LogP contribution in [-0.4, -0.2) is 23.2 Å². The van der Waals surface area contributed by atoms with E-state index < -0.39 is 0 Å². The summed E-state index contributed by atoms with van der Waals surface area (Å²) in [4.78, 5) is 5.90. The lowest BCUT2D eigenvalue weighted by atomic mass is 10.0. The van der Waals surface area contributed by atoms with Gasteiger partial charge in [-0.15, -0.1) is 11.3 Å². The Morgan fingerprint density at radius 1 is 1.47 bits per heavy atom. The number of hydrogen-bond acceptors (Lipinski definition) is 4.